The maximum atomic E-state index is 12.7. The van der Waals surface area contributed by atoms with Crippen LogP contribution in [-0.4, -0.2) is 23.2 Å². The van der Waals surface area contributed by atoms with Crippen molar-refractivity contribution >= 4 is 33.8 Å². The van der Waals surface area contributed by atoms with E-state index in [0.717, 1.165) is 27.9 Å². The van der Waals surface area contributed by atoms with Crippen molar-refractivity contribution in [3.8, 4) is 0 Å². The van der Waals surface area contributed by atoms with E-state index in [1.807, 2.05) is 26.0 Å². The van der Waals surface area contributed by atoms with Crippen LogP contribution in [0.15, 0.2) is 29.4 Å². The van der Waals surface area contributed by atoms with Crippen molar-refractivity contribution in [2.24, 2.45) is 11.1 Å². The fourth-order valence-corrected chi connectivity index (χ4v) is 4.99. The number of ketones is 1. The predicted octanol–water partition coefficient (Wildman–Crippen LogP) is 5.37. The second-order valence-corrected chi connectivity index (χ2v) is 10.2. The lowest BCUT2D eigenvalue weighted by Crippen LogP contribution is -2.41. The SMILES string of the molecule is CC(C)CN(c1ccc(C(=O)N=O)cc1)c1nc2c(s1)C(C)(C)CC(=O)C2(C)C. The van der Waals surface area contributed by atoms with Crippen LogP contribution in [0.3, 0.4) is 0 Å². The molecule has 0 N–H and O–H groups in total. The summed E-state index contributed by atoms with van der Waals surface area (Å²) in [5, 5.41) is 3.32. The summed E-state index contributed by atoms with van der Waals surface area (Å²) in [6.45, 7) is 13.1. The Hall–Kier alpha value is -2.41. The number of rotatable bonds is 5. The van der Waals surface area contributed by atoms with Crippen LogP contribution >= 0.6 is 11.3 Å². The van der Waals surface area contributed by atoms with Gasteiger partial charge in [0.15, 0.2) is 5.13 Å². The normalized spacial score (nSPS) is 17.1. The Balaban J connectivity index is 2.09. The van der Waals surface area contributed by atoms with Crippen molar-refractivity contribution < 1.29 is 9.59 Å². The average Bonchev–Trinajstić information content (AvgIpc) is 3.11. The molecule has 0 aliphatic heterocycles. The topological polar surface area (TPSA) is 79.7 Å². The van der Waals surface area contributed by atoms with Crippen LogP contribution in [0.4, 0.5) is 10.8 Å². The van der Waals surface area contributed by atoms with Gasteiger partial charge >= 0.3 is 5.91 Å². The van der Waals surface area contributed by atoms with E-state index in [1.165, 1.54) is 0 Å². The Morgan fingerprint density at radius 2 is 1.83 bits per heavy atom. The standard InChI is InChI=1S/C22H27N3O3S/c1-13(2)12-25(15-9-7-14(8-10-15)19(27)24-28)20-23-17-18(29-20)21(3,4)11-16(26)22(17,5)6/h7-10,13H,11-12H2,1-6H3. The lowest BCUT2D eigenvalue weighted by atomic mass is 9.68. The summed E-state index contributed by atoms with van der Waals surface area (Å²) in [4.78, 5) is 43.0. The van der Waals surface area contributed by atoms with E-state index in [0.29, 0.717) is 12.3 Å². The van der Waals surface area contributed by atoms with Gasteiger partial charge in [-0.05, 0) is 44.0 Å². The summed E-state index contributed by atoms with van der Waals surface area (Å²) in [5.41, 5.74) is 1.17. The number of fused-ring (bicyclic) bond motifs is 1. The zero-order valence-electron chi connectivity index (χ0n) is 17.8. The van der Waals surface area contributed by atoms with E-state index in [1.54, 1.807) is 23.5 Å². The summed E-state index contributed by atoms with van der Waals surface area (Å²) >= 11 is 1.63. The molecule has 1 aromatic heterocycles. The summed E-state index contributed by atoms with van der Waals surface area (Å²) in [6.07, 6.45) is 0.508. The van der Waals surface area contributed by atoms with Gasteiger partial charge in [0.1, 0.15) is 5.78 Å². The molecule has 7 heteroatoms. The van der Waals surface area contributed by atoms with Gasteiger partial charge in [0.2, 0.25) is 0 Å². The molecule has 1 aliphatic rings. The van der Waals surface area contributed by atoms with Crippen molar-refractivity contribution in [1.82, 2.24) is 4.98 Å². The van der Waals surface area contributed by atoms with Gasteiger partial charge in [-0.2, -0.15) is 0 Å². The van der Waals surface area contributed by atoms with Crippen molar-refractivity contribution in [3.63, 3.8) is 0 Å². The quantitative estimate of drug-likeness (QED) is 0.616. The van der Waals surface area contributed by atoms with E-state index in [9.17, 15) is 14.5 Å². The van der Waals surface area contributed by atoms with Crippen LogP contribution in [0.1, 0.15) is 68.9 Å². The number of nitroso groups, excluding NO2 is 1. The van der Waals surface area contributed by atoms with Crippen LogP contribution in [0.5, 0.6) is 0 Å². The number of hydrogen-bond donors (Lipinski definition) is 0. The summed E-state index contributed by atoms with van der Waals surface area (Å²) < 4.78 is 0. The molecule has 29 heavy (non-hydrogen) atoms. The van der Waals surface area contributed by atoms with Crippen molar-refractivity contribution in [1.29, 1.82) is 0 Å². The molecule has 0 bridgehead atoms. The molecule has 0 saturated carbocycles. The summed E-state index contributed by atoms with van der Waals surface area (Å²) in [7, 11) is 0. The van der Waals surface area contributed by atoms with Gasteiger partial charge in [0.05, 0.1) is 11.1 Å². The second kappa shape index (κ2) is 7.44. The van der Waals surface area contributed by atoms with E-state index < -0.39 is 11.3 Å². The molecule has 0 radical (unpaired) electrons. The van der Waals surface area contributed by atoms with Gasteiger partial charge in [-0.1, -0.05) is 27.7 Å². The third kappa shape index (κ3) is 3.88. The van der Waals surface area contributed by atoms with Gasteiger partial charge in [0, 0.05) is 39.7 Å². The number of aromatic nitrogens is 1. The van der Waals surface area contributed by atoms with E-state index in [-0.39, 0.29) is 16.8 Å². The molecular formula is C22H27N3O3S. The Kier molecular flexibility index (Phi) is 5.47. The number of carbonyl (C=O) groups excluding carboxylic acids is 2. The lowest BCUT2D eigenvalue weighted by Gasteiger charge is -2.36. The fourth-order valence-electron chi connectivity index (χ4n) is 3.64. The molecule has 0 saturated heterocycles. The van der Waals surface area contributed by atoms with E-state index in [4.69, 9.17) is 4.98 Å². The molecule has 1 aliphatic carbocycles. The molecule has 1 amide bonds. The second-order valence-electron chi connectivity index (χ2n) is 9.23. The molecule has 1 aromatic carbocycles. The Morgan fingerprint density at radius 1 is 1.21 bits per heavy atom. The Morgan fingerprint density at radius 3 is 2.38 bits per heavy atom. The summed E-state index contributed by atoms with van der Waals surface area (Å²) in [6, 6.07) is 6.83. The first-order valence-corrected chi connectivity index (χ1v) is 10.6. The first-order valence-electron chi connectivity index (χ1n) is 9.77. The van der Waals surface area contributed by atoms with E-state index in [2.05, 4.69) is 37.8 Å². The predicted molar refractivity (Wildman–Crippen MR) is 116 cm³/mol. The molecule has 0 atom stereocenters. The van der Waals surface area contributed by atoms with Crippen LogP contribution in [0.25, 0.3) is 0 Å². The number of carbonyl (C=O) groups is 2. The minimum atomic E-state index is -0.779. The molecular weight excluding hydrogens is 386 g/mol. The summed E-state index contributed by atoms with van der Waals surface area (Å²) in [5.74, 6) is -0.193. The zero-order chi connectivity index (χ0) is 21.6. The number of hydrogen-bond acceptors (Lipinski definition) is 6. The third-order valence-electron chi connectivity index (χ3n) is 5.41. The van der Waals surface area contributed by atoms with Gasteiger partial charge < -0.3 is 4.90 Å². The van der Waals surface area contributed by atoms with Gasteiger partial charge in [-0.3, -0.25) is 9.59 Å². The van der Waals surface area contributed by atoms with Gasteiger partial charge in [0.25, 0.3) is 0 Å². The zero-order valence-corrected chi connectivity index (χ0v) is 18.6. The number of amides is 1. The minimum Gasteiger partial charge on any atom is -0.318 e. The minimum absolute atomic E-state index is 0.214. The van der Waals surface area contributed by atoms with Crippen molar-refractivity contribution in [2.45, 2.75) is 58.8 Å². The Bertz CT molecular complexity index is 958. The largest absolute Gasteiger partial charge is 0.318 e. The maximum Gasteiger partial charge on any atom is 0.316 e. The molecule has 0 spiro atoms. The maximum absolute atomic E-state index is 12.7. The molecule has 1 heterocycles. The van der Waals surface area contributed by atoms with Crippen LogP contribution < -0.4 is 4.90 Å². The molecule has 154 valence electrons. The highest BCUT2D eigenvalue weighted by molar-refractivity contribution is 7.16. The molecule has 0 unspecified atom stereocenters. The molecule has 0 fully saturated rings. The number of Topliss-reactive ketones (excluding diaryl/α,β-unsaturated/α-hetero) is 1. The first-order chi connectivity index (χ1) is 13.5. The number of benzene rings is 1. The first kappa shape index (κ1) is 21.3. The monoisotopic (exact) mass is 413 g/mol. The number of thiazole rings is 1. The highest BCUT2D eigenvalue weighted by atomic mass is 32.1. The fraction of sp³-hybridized carbons (Fsp3) is 0.500. The molecule has 2 aromatic rings. The molecule has 3 rings (SSSR count). The van der Waals surface area contributed by atoms with Crippen LogP contribution in [-0.2, 0) is 15.6 Å². The Labute approximate surface area is 175 Å². The highest BCUT2D eigenvalue weighted by Crippen LogP contribution is 2.48. The van der Waals surface area contributed by atoms with Crippen molar-refractivity contribution in [2.75, 3.05) is 11.4 Å². The molecule has 6 nitrogen and oxygen atoms in total. The lowest BCUT2D eigenvalue weighted by molar-refractivity contribution is -0.125. The average molecular weight is 414 g/mol. The van der Waals surface area contributed by atoms with E-state index >= 15 is 0 Å². The van der Waals surface area contributed by atoms with Crippen LogP contribution in [0.2, 0.25) is 0 Å². The number of nitrogens with zero attached hydrogens (tertiary/aromatic N) is 3. The van der Waals surface area contributed by atoms with Gasteiger partial charge in [-0.15, -0.1) is 16.2 Å². The van der Waals surface area contributed by atoms with Gasteiger partial charge in [-0.25, -0.2) is 4.98 Å². The van der Waals surface area contributed by atoms with Crippen LogP contribution in [0, 0.1) is 10.8 Å². The smallest absolute Gasteiger partial charge is 0.316 e. The van der Waals surface area contributed by atoms with Crippen molar-refractivity contribution in [3.05, 3.63) is 45.3 Å². The highest BCUT2D eigenvalue weighted by Gasteiger charge is 2.46. The third-order valence-corrected chi connectivity index (χ3v) is 6.85. The number of anilines is 2.